The summed E-state index contributed by atoms with van der Waals surface area (Å²) in [6, 6.07) is 6.15. The number of amides is 1. The molecule has 0 unspecified atom stereocenters. The van der Waals surface area contributed by atoms with Gasteiger partial charge in [0.15, 0.2) is 0 Å². The number of rotatable bonds is 3. The zero-order valence-electron chi connectivity index (χ0n) is 13.3. The lowest BCUT2D eigenvalue weighted by Gasteiger charge is -2.20. The minimum Gasteiger partial charge on any atom is -0.337 e. The van der Waals surface area contributed by atoms with Crippen LogP contribution in [0.3, 0.4) is 0 Å². The van der Waals surface area contributed by atoms with E-state index in [-0.39, 0.29) is 11.7 Å². The highest BCUT2D eigenvalue weighted by Gasteiger charge is 2.23. The first kappa shape index (κ1) is 15.7. The molecule has 1 amide bonds. The lowest BCUT2D eigenvalue weighted by Crippen LogP contribution is -2.34. The van der Waals surface area contributed by atoms with Crippen molar-refractivity contribution in [1.82, 2.24) is 20.0 Å². The van der Waals surface area contributed by atoms with Gasteiger partial charge in [0, 0.05) is 19.6 Å². The van der Waals surface area contributed by atoms with Crippen LogP contribution in [-0.4, -0.2) is 46.8 Å². The van der Waals surface area contributed by atoms with Crippen molar-refractivity contribution in [3.05, 3.63) is 47.5 Å². The van der Waals surface area contributed by atoms with Crippen molar-refractivity contribution in [2.24, 2.45) is 0 Å². The van der Waals surface area contributed by atoms with Crippen LogP contribution in [0, 0.1) is 5.82 Å². The second kappa shape index (κ2) is 6.91. The van der Waals surface area contributed by atoms with E-state index in [4.69, 9.17) is 0 Å². The molecule has 0 spiro atoms. The fourth-order valence-electron chi connectivity index (χ4n) is 2.92. The quantitative estimate of drug-likeness (QED) is 0.942. The van der Waals surface area contributed by atoms with Crippen molar-refractivity contribution in [3.8, 4) is 5.69 Å². The summed E-state index contributed by atoms with van der Waals surface area (Å²) in [7, 11) is 0. The van der Waals surface area contributed by atoms with Gasteiger partial charge in [-0.1, -0.05) is 6.92 Å². The third-order valence-electron chi connectivity index (χ3n) is 4.13. The van der Waals surface area contributed by atoms with Gasteiger partial charge in [-0.25, -0.2) is 9.07 Å². The van der Waals surface area contributed by atoms with Crippen molar-refractivity contribution >= 4 is 5.91 Å². The molecule has 1 aromatic heterocycles. The van der Waals surface area contributed by atoms with Crippen molar-refractivity contribution < 1.29 is 9.18 Å². The fourth-order valence-corrected chi connectivity index (χ4v) is 2.92. The van der Waals surface area contributed by atoms with Gasteiger partial charge in [-0.15, -0.1) is 0 Å². The number of aromatic nitrogens is 2. The number of hydrogen-bond donors (Lipinski definition) is 1. The van der Waals surface area contributed by atoms with Crippen molar-refractivity contribution in [2.45, 2.75) is 19.8 Å². The Kier molecular flexibility index (Phi) is 4.71. The summed E-state index contributed by atoms with van der Waals surface area (Å²) in [5, 5.41) is 7.66. The van der Waals surface area contributed by atoms with Gasteiger partial charge < -0.3 is 10.2 Å². The maximum Gasteiger partial charge on any atom is 0.257 e. The summed E-state index contributed by atoms with van der Waals surface area (Å²) < 4.78 is 14.8. The molecule has 0 atom stereocenters. The Bertz CT molecular complexity index is 672. The SMILES string of the molecule is CCc1c(C(=O)N2CCCNCC2)cnn1-c1ccc(F)cc1. The van der Waals surface area contributed by atoms with Crippen LogP contribution >= 0.6 is 0 Å². The van der Waals surface area contributed by atoms with E-state index in [1.165, 1.54) is 12.1 Å². The molecule has 122 valence electrons. The summed E-state index contributed by atoms with van der Waals surface area (Å²) in [5.74, 6) is -0.258. The summed E-state index contributed by atoms with van der Waals surface area (Å²) in [5.41, 5.74) is 2.26. The molecule has 23 heavy (non-hydrogen) atoms. The molecule has 1 N–H and O–H groups in total. The minimum absolute atomic E-state index is 0.0268. The van der Waals surface area contributed by atoms with Crippen LogP contribution in [-0.2, 0) is 6.42 Å². The molecule has 0 saturated carbocycles. The van der Waals surface area contributed by atoms with Crippen LogP contribution in [0.25, 0.3) is 5.69 Å². The first-order valence-electron chi connectivity index (χ1n) is 8.03. The summed E-state index contributed by atoms with van der Waals surface area (Å²) >= 11 is 0. The first-order chi connectivity index (χ1) is 11.2. The molecule has 6 heteroatoms. The third-order valence-corrected chi connectivity index (χ3v) is 4.13. The Morgan fingerprint density at radius 2 is 2.04 bits per heavy atom. The normalized spacial score (nSPS) is 15.5. The highest BCUT2D eigenvalue weighted by molar-refractivity contribution is 5.95. The van der Waals surface area contributed by atoms with Crippen LogP contribution < -0.4 is 5.32 Å². The van der Waals surface area contributed by atoms with Crippen LogP contribution in [0.15, 0.2) is 30.5 Å². The molecule has 0 bridgehead atoms. The molecule has 3 rings (SSSR count). The second-order valence-corrected chi connectivity index (χ2v) is 5.64. The van der Waals surface area contributed by atoms with Gasteiger partial charge >= 0.3 is 0 Å². The topological polar surface area (TPSA) is 50.2 Å². The molecule has 0 radical (unpaired) electrons. The van der Waals surface area contributed by atoms with Gasteiger partial charge in [0.25, 0.3) is 5.91 Å². The predicted octanol–water partition coefficient (Wildman–Crippen LogP) is 2.01. The van der Waals surface area contributed by atoms with Gasteiger partial charge in [-0.05, 0) is 43.7 Å². The zero-order chi connectivity index (χ0) is 16.2. The van der Waals surface area contributed by atoms with E-state index in [2.05, 4.69) is 10.4 Å². The molecular formula is C17H21FN4O. The molecule has 1 aromatic carbocycles. The van der Waals surface area contributed by atoms with E-state index in [0.717, 1.165) is 37.4 Å². The van der Waals surface area contributed by atoms with Gasteiger partial charge in [0.05, 0.1) is 23.1 Å². The summed E-state index contributed by atoms with van der Waals surface area (Å²) in [4.78, 5) is 14.7. The Balaban J connectivity index is 1.91. The number of nitrogens with one attached hydrogen (secondary N) is 1. The Labute approximate surface area is 135 Å². The highest BCUT2D eigenvalue weighted by Crippen LogP contribution is 2.18. The number of carbonyl (C=O) groups is 1. The molecule has 1 saturated heterocycles. The summed E-state index contributed by atoms with van der Waals surface area (Å²) in [6.07, 6.45) is 3.27. The number of benzene rings is 1. The van der Waals surface area contributed by atoms with E-state index in [0.29, 0.717) is 18.5 Å². The summed E-state index contributed by atoms with van der Waals surface area (Å²) in [6.45, 7) is 5.23. The molecule has 5 nitrogen and oxygen atoms in total. The standard InChI is InChI=1S/C17H21FN4O/c1-2-16-15(17(23)21-10-3-8-19-9-11-21)12-20-22(16)14-6-4-13(18)5-7-14/h4-7,12,19H,2-3,8-11H2,1H3. The minimum atomic E-state index is -0.285. The number of carbonyl (C=O) groups excluding carboxylic acids is 1. The molecule has 1 aliphatic heterocycles. The van der Waals surface area contributed by atoms with Crippen molar-refractivity contribution in [2.75, 3.05) is 26.2 Å². The van der Waals surface area contributed by atoms with E-state index in [9.17, 15) is 9.18 Å². The zero-order valence-corrected chi connectivity index (χ0v) is 13.3. The smallest absolute Gasteiger partial charge is 0.257 e. The highest BCUT2D eigenvalue weighted by atomic mass is 19.1. The van der Waals surface area contributed by atoms with E-state index in [1.54, 1.807) is 23.0 Å². The molecule has 1 aliphatic rings. The van der Waals surface area contributed by atoms with Crippen LogP contribution in [0.4, 0.5) is 4.39 Å². The second-order valence-electron chi connectivity index (χ2n) is 5.64. The molecule has 1 fully saturated rings. The molecule has 2 aromatic rings. The molecule has 2 heterocycles. The monoisotopic (exact) mass is 316 g/mol. The third kappa shape index (κ3) is 3.27. The average molecular weight is 316 g/mol. The van der Waals surface area contributed by atoms with Gasteiger partial charge in [-0.2, -0.15) is 5.10 Å². The fraction of sp³-hybridized carbons (Fsp3) is 0.412. The predicted molar refractivity (Wildman–Crippen MR) is 86.3 cm³/mol. The van der Waals surface area contributed by atoms with Crippen molar-refractivity contribution in [1.29, 1.82) is 0 Å². The van der Waals surface area contributed by atoms with E-state index < -0.39 is 0 Å². The van der Waals surface area contributed by atoms with Crippen LogP contribution in [0.1, 0.15) is 29.4 Å². The van der Waals surface area contributed by atoms with Gasteiger partial charge in [0.1, 0.15) is 5.82 Å². The maximum absolute atomic E-state index is 13.1. The molecule has 0 aliphatic carbocycles. The average Bonchev–Trinajstić information content (AvgIpc) is 2.80. The first-order valence-corrected chi connectivity index (χ1v) is 8.03. The van der Waals surface area contributed by atoms with Crippen LogP contribution in [0.2, 0.25) is 0 Å². The van der Waals surface area contributed by atoms with E-state index >= 15 is 0 Å². The largest absolute Gasteiger partial charge is 0.337 e. The van der Waals surface area contributed by atoms with Gasteiger partial charge in [-0.3, -0.25) is 4.79 Å². The Morgan fingerprint density at radius 3 is 2.78 bits per heavy atom. The van der Waals surface area contributed by atoms with Gasteiger partial charge in [0.2, 0.25) is 0 Å². The Hall–Kier alpha value is -2.21. The Morgan fingerprint density at radius 1 is 1.26 bits per heavy atom. The number of halogens is 1. The maximum atomic E-state index is 13.1. The number of hydrogen-bond acceptors (Lipinski definition) is 3. The lowest BCUT2D eigenvalue weighted by molar-refractivity contribution is 0.0765. The van der Waals surface area contributed by atoms with Crippen LogP contribution in [0.5, 0.6) is 0 Å². The number of nitrogens with zero attached hydrogens (tertiary/aromatic N) is 3. The van der Waals surface area contributed by atoms with Crippen molar-refractivity contribution in [3.63, 3.8) is 0 Å². The van der Waals surface area contributed by atoms with E-state index in [1.807, 2.05) is 11.8 Å². The molecular weight excluding hydrogens is 295 g/mol. The lowest BCUT2D eigenvalue weighted by atomic mass is 10.1.